The minimum Gasteiger partial charge on any atom is -0.497 e. The summed E-state index contributed by atoms with van der Waals surface area (Å²) in [5, 5.41) is 3.14. The number of rotatable bonds is 5. The highest BCUT2D eigenvalue weighted by Gasteiger charge is 2.12. The second kappa shape index (κ2) is 7.04. The topological polar surface area (TPSA) is 56.8 Å². The predicted octanol–water partition coefficient (Wildman–Crippen LogP) is 3.62. The van der Waals surface area contributed by atoms with Crippen molar-refractivity contribution >= 4 is 23.2 Å². The molecule has 6 heteroatoms. The van der Waals surface area contributed by atoms with E-state index in [-0.39, 0.29) is 5.91 Å². The van der Waals surface area contributed by atoms with Crippen molar-refractivity contribution in [2.75, 3.05) is 26.6 Å². The fourth-order valence-electron chi connectivity index (χ4n) is 1.91. The fourth-order valence-corrected chi connectivity index (χ4v) is 2.17. The Morgan fingerprint density at radius 1 is 0.955 bits per heavy atom. The third-order valence-electron chi connectivity index (χ3n) is 3.07. The van der Waals surface area contributed by atoms with Gasteiger partial charge in [-0.05, 0) is 30.3 Å². The summed E-state index contributed by atoms with van der Waals surface area (Å²) in [5.74, 6) is 1.35. The molecule has 0 aliphatic heterocycles. The minimum atomic E-state index is -0.309. The molecule has 1 amide bonds. The van der Waals surface area contributed by atoms with Crippen LogP contribution in [-0.2, 0) is 0 Å². The maximum Gasteiger partial charge on any atom is 0.255 e. The zero-order valence-electron chi connectivity index (χ0n) is 12.5. The molecule has 0 aliphatic rings. The van der Waals surface area contributed by atoms with Gasteiger partial charge in [0, 0.05) is 11.6 Å². The molecule has 0 radical (unpaired) electrons. The van der Waals surface area contributed by atoms with Gasteiger partial charge in [0.2, 0.25) is 0 Å². The molecule has 0 heterocycles. The Kier molecular flexibility index (Phi) is 5.12. The molecule has 0 aromatic heterocycles. The van der Waals surface area contributed by atoms with Crippen LogP contribution in [0, 0.1) is 0 Å². The van der Waals surface area contributed by atoms with Crippen LogP contribution in [0.1, 0.15) is 10.4 Å². The second-order valence-electron chi connectivity index (χ2n) is 4.37. The van der Waals surface area contributed by atoms with Gasteiger partial charge in [-0.2, -0.15) is 0 Å². The van der Waals surface area contributed by atoms with Gasteiger partial charge < -0.3 is 19.5 Å². The Balaban J connectivity index is 2.26. The van der Waals surface area contributed by atoms with E-state index in [0.717, 1.165) is 0 Å². The molecular formula is C16H16ClNO4. The monoisotopic (exact) mass is 321 g/mol. The fraction of sp³-hybridized carbons (Fsp3) is 0.188. The summed E-state index contributed by atoms with van der Waals surface area (Å²) < 4.78 is 15.4. The van der Waals surface area contributed by atoms with Crippen LogP contribution in [-0.4, -0.2) is 27.2 Å². The average molecular weight is 322 g/mol. The van der Waals surface area contributed by atoms with E-state index in [0.29, 0.717) is 33.5 Å². The van der Waals surface area contributed by atoms with E-state index in [9.17, 15) is 4.79 Å². The van der Waals surface area contributed by atoms with Crippen LogP contribution >= 0.6 is 11.6 Å². The summed E-state index contributed by atoms with van der Waals surface area (Å²) in [5.41, 5.74) is 0.925. The van der Waals surface area contributed by atoms with Crippen molar-refractivity contribution in [3.63, 3.8) is 0 Å². The van der Waals surface area contributed by atoms with Crippen LogP contribution in [0.5, 0.6) is 17.2 Å². The van der Waals surface area contributed by atoms with E-state index in [4.69, 9.17) is 25.8 Å². The molecule has 5 nitrogen and oxygen atoms in total. The number of amides is 1. The number of nitrogens with one attached hydrogen (secondary N) is 1. The molecule has 2 aromatic rings. The van der Waals surface area contributed by atoms with Gasteiger partial charge in [0.05, 0.1) is 32.0 Å². The molecule has 0 bridgehead atoms. The molecule has 0 fully saturated rings. The van der Waals surface area contributed by atoms with Crippen LogP contribution in [0.4, 0.5) is 5.69 Å². The van der Waals surface area contributed by atoms with E-state index in [1.807, 2.05) is 0 Å². The lowest BCUT2D eigenvalue weighted by Gasteiger charge is -2.12. The highest BCUT2D eigenvalue weighted by molar-refractivity contribution is 6.32. The summed E-state index contributed by atoms with van der Waals surface area (Å²) in [4.78, 5) is 12.3. The number of benzene rings is 2. The van der Waals surface area contributed by atoms with Crippen molar-refractivity contribution in [3.05, 3.63) is 47.0 Å². The first-order valence-electron chi connectivity index (χ1n) is 6.46. The third kappa shape index (κ3) is 3.43. The molecule has 0 atom stereocenters. The van der Waals surface area contributed by atoms with Crippen molar-refractivity contribution in [1.82, 2.24) is 0 Å². The predicted molar refractivity (Wildman–Crippen MR) is 85.5 cm³/mol. The number of carbonyl (C=O) groups is 1. The molecule has 116 valence electrons. The minimum absolute atomic E-state index is 0.309. The van der Waals surface area contributed by atoms with Crippen LogP contribution in [0.15, 0.2) is 36.4 Å². The first-order chi connectivity index (χ1) is 10.6. The smallest absolute Gasteiger partial charge is 0.255 e. The molecule has 0 saturated heterocycles. The van der Waals surface area contributed by atoms with Gasteiger partial charge in [-0.1, -0.05) is 11.6 Å². The molecule has 2 aromatic carbocycles. The van der Waals surface area contributed by atoms with Crippen molar-refractivity contribution in [2.45, 2.75) is 0 Å². The summed E-state index contributed by atoms with van der Waals surface area (Å²) in [7, 11) is 4.60. The van der Waals surface area contributed by atoms with Crippen LogP contribution in [0.25, 0.3) is 0 Å². The number of carbonyl (C=O) groups excluding carboxylic acids is 1. The molecule has 0 unspecified atom stereocenters. The first kappa shape index (κ1) is 16.0. The summed E-state index contributed by atoms with van der Waals surface area (Å²) in [6.45, 7) is 0. The maximum absolute atomic E-state index is 12.3. The SMILES string of the molecule is COc1ccc(OC)c(NC(=O)c2ccc(OC)c(Cl)c2)c1. The van der Waals surface area contributed by atoms with Gasteiger partial charge in [-0.25, -0.2) is 0 Å². The molecular weight excluding hydrogens is 306 g/mol. The Bertz CT molecular complexity index is 688. The number of halogens is 1. The average Bonchev–Trinajstić information content (AvgIpc) is 2.54. The normalized spacial score (nSPS) is 10.0. The van der Waals surface area contributed by atoms with Gasteiger partial charge in [0.25, 0.3) is 5.91 Å². The van der Waals surface area contributed by atoms with E-state index >= 15 is 0 Å². The van der Waals surface area contributed by atoms with Gasteiger partial charge >= 0.3 is 0 Å². The lowest BCUT2D eigenvalue weighted by atomic mass is 10.2. The summed E-state index contributed by atoms with van der Waals surface area (Å²) >= 11 is 6.03. The Labute approximate surface area is 133 Å². The molecule has 0 spiro atoms. The van der Waals surface area contributed by atoms with E-state index in [2.05, 4.69) is 5.32 Å². The largest absolute Gasteiger partial charge is 0.497 e. The summed E-state index contributed by atoms with van der Waals surface area (Å²) in [6.07, 6.45) is 0. The highest BCUT2D eigenvalue weighted by Crippen LogP contribution is 2.30. The second-order valence-corrected chi connectivity index (χ2v) is 4.78. The van der Waals surface area contributed by atoms with Crippen molar-refractivity contribution in [1.29, 1.82) is 0 Å². The van der Waals surface area contributed by atoms with E-state index in [1.165, 1.54) is 14.2 Å². The van der Waals surface area contributed by atoms with E-state index < -0.39 is 0 Å². The van der Waals surface area contributed by atoms with Gasteiger partial charge in [-0.3, -0.25) is 4.79 Å². The quantitative estimate of drug-likeness (QED) is 0.914. The van der Waals surface area contributed by atoms with Crippen molar-refractivity contribution in [3.8, 4) is 17.2 Å². The van der Waals surface area contributed by atoms with E-state index in [1.54, 1.807) is 43.5 Å². The zero-order valence-corrected chi connectivity index (χ0v) is 13.2. The number of methoxy groups -OCH3 is 3. The van der Waals surface area contributed by atoms with Crippen molar-refractivity contribution < 1.29 is 19.0 Å². The zero-order chi connectivity index (χ0) is 16.1. The molecule has 2 rings (SSSR count). The molecule has 0 aliphatic carbocycles. The van der Waals surface area contributed by atoms with Gasteiger partial charge in [0.15, 0.2) is 0 Å². The number of anilines is 1. The Morgan fingerprint density at radius 3 is 2.23 bits per heavy atom. The summed E-state index contributed by atoms with van der Waals surface area (Å²) in [6, 6.07) is 9.96. The van der Waals surface area contributed by atoms with Crippen LogP contribution in [0.3, 0.4) is 0 Å². The lowest BCUT2D eigenvalue weighted by molar-refractivity contribution is 0.102. The van der Waals surface area contributed by atoms with Gasteiger partial charge in [0.1, 0.15) is 17.2 Å². The number of hydrogen-bond donors (Lipinski definition) is 1. The standard InChI is InChI=1S/C16H16ClNO4/c1-20-11-5-7-15(22-3)13(9-11)18-16(19)10-4-6-14(21-2)12(17)8-10/h4-9H,1-3H3,(H,18,19). The van der Waals surface area contributed by atoms with Crippen LogP contribution < -0.4 is 19.5 Å². The molecule has 22 heavy (non-hydrogen) atoms. The maximum atomic E-state index is 12.3. The van der Waals surface area contributed by atoms with Crippen LogP contribution in [0.2, 0.25) is 5.02 Å². The Hall–Kier alpha value is -2.40. The first-order valence-corrected chi connectivity index (χ1v) is 6.83. The molecule has 0 saturated carbocycles. The lowest BCUT2D eigenvalue weighted by Crippen LogP contribution is -2.12. The van der Waals surface area contributed by atoms with Gasteiger partial charge in [-0.15, -0.1) is 0 Å². The highest BCUT2D eigenvalue weighted by atomic mass is 35.5. The van der Waals surface area contributed by atoms with Crippen molar-refractivity contribution in [2.24, 2.45) is 0 Å². The Morgan fingerprint density at radius 2 is 1.64 bits per heavy atom. The number of hydrogen-bond acceptors (Lipinski definition) is 4. The third-order valence-corrected chi connectivity index (χ3v) is 3.36. The number of ether oxygens (including phenoxy) is 3. The molecule has 1 N–H and O–H groups in total.